The Morgan fingerprint density at radius 3 is 1.10 bits per heavy atom. The first-order chi connectivity index (χ1) is 60.4. The van der Waals surface area contributed by atoms with E-state index < -0.39 is 10.0 Å². The average Bonchev–Trinajstić information content (AvgIpc) is 1.57. The first-order valence-corrected chi connectivity index (χ1v) is 44.5. The van der Waals surface area contributed by atoms with E-state index >= 15 is 0 Å². The summed E-state index contributed by atoms with van der Waals surface area (Å²) in [7, 11) is 5.76. The number of aryl methyl sites for hydroxylation is 4. The quantitative estimate of drug-likeness (QED) is 0.0587. The predicted octanol–water partition coefficient (Wildman–Crippen LogP) is 21.7. The van der Waals surface area contributed by atoms with E-state index in [0.717, 1.165) is 176 Å². The highest BCUT2D eigenvalue weighted by Crippen LogP contribution is 2.49. The number of anilines is 4. The van der Waals surface area contributed by atoms with Crippen LogP contribution in [0.5, 0.6) is 5.75 Å². The molecule has 0 aliphatic heterocycles. The number of aromatic nitrogens is 12. The Morgan fingerprint density at radius 1 is 0.409 bits per heavy atom. The third-order valence-corrected chi connectivity index (χ3v) is 24.2. The molecular weight excluding hydrogens is 1600 g/mol. The fourth-order valence-corrected chi connectivity index (χ4v) is 16.5. The standard InChI is InChI=1S/C27H28N4O.C27H30N4O.C26H28N4O2.C24H26N4O2S/c1-26(2,3)23-16-21(22-17-28-31(4)24(22)30-23)18-10-12-20(13-11-18)29-25(32)27(14-15-27)19-8-6-5-7-9-19;1-6-21(18-10-8-7-9-11-18)26(32)29-20-14-12-19(13-15-20)22-16-24(27(2,3)4)30-25-23(22)17-28-31(25)5;1-26(2,3)23-15-21(22-16-27-30(4)25(22)29-23)18-9-11-19(12-10-18)28-24(31)14-17-7-6-8-20(13-17)32-5;1-24(2,3)22-14-20(21-15-25-28(4)23(21)26-22)18-10-12-19(13-11-18)27-31(29,30)16-17-8-6-5-7-9-17/h5-13,16-17H,14-15H2,1-4H3,(H,29,32);7-17,21H,6H2,1-5H3,(H,29,32);6-13,15-16H,14H2,1-5H3,(H,28,31);5-15,27H,16H2,1-4H3. The van der Waals surface area contributed by atoms with Gasteiger partial charge in [-0.1, -0.05) is 242 Å². The molecule has 0 bridgehead atoms. The van der Waals surface area contributed by atoms with Gasteiger partial charge in [0, 0.05) is 117 Å². The van der Waals surface area contributed by atoms with Gasteiger partial charge in [0.2, 0.25) is 27.7 Å². The Labute approximate surface area is 743 Å². The molecule has 4 N–H and O–H groups in total. The van der Waals surface area contributed by atoms with Crippen LogP contribution in [-0.2, 0) is 91.8 Å². The van der Waals surface area contributed by atoms with E-state index in [2.05, 4.69) is 161 Å². The number of pyridine rings is 4. The number of ether oxygens (including phenoxy) is 1. The van der Waals surface area contributed by atoms with Crippen molar-refractivity contribution in [3.63, 3.8) is 0 Å². The number of carbonyl (C=O) groups is 3. The number of hydrogen-bond donors (Lipinski definition) is 4. The first-order valence-electron chi connectivity index (χ1n) is 42.9. The molecule has 1 saturated carbocycles. The van der Waals surface area contributed by atoms with Crippen LogP contribution in [0.25, 0.3) is 88.6 Å². The molecule has 0 radical (unpaired) electrons. The van der Waals surface area contributed by atoms with E-state index in [-0.39, 0.29) is 62.9 Å². The van der Waals surface area contributed by atoms with Gasteiger partial charge >= 0.3 is 0 Å². The number of fused-ring (bicyclic) bond motifs is 4. The van der Waals surface area contributed by atoms with Gasteiger partial charge in [-0.15, -0.1) is 0 Å². The molecular formula is C104H112N16O6S. The molecule has 1 atom stereocenters. The van der Waals surface area contributed by atoms with E-state index in [4.69, 9.17) is 24.7 Å². The molecule has 127 heavy (non-hydrogen) atoms. The minimum absolute atomic E-state index is 0.0139. The normalized spacial score (nSPS) is 12.9. The molecule has 3 amide bonds. The van der Waals surface area contributed by atoms with E-state index in [0.29, 0.717) is 5.69 Å². The molecule has 23 heteroatoms. The van der Waals surface area contributed by atoms with Crippen LogP contribution in [0.3, 0.4) is 0 Å². The van der Waals surface area contributed by atoms with E-state index in [1.54, 1.807) is 40.7 Å². The van der Waals surface area contributed by atoms with Gasteiger partial charge < -0.3 is 20.7 Å². The second-order valence-electron chi connectivity index (χ2n) is 36.7. The number of hydrogen-bond acceptors (Lipinski definition) is 14. The lowest BCUT2D eigenvalue weighted by atomic mass is 9.89. The van der Waals surface area contributed by atoms with Crippen LogP contribution in [0.1, 0.15) is 160 Å². The molecule has 1 aliphatic carbocycles. The second-order valence-corrected chi connectivity index (χ2v) is 38.5. The monoisotopic (exact) mass is 1710 g/mol. The number of sulfonamides is 1. The molecule has 16 aromatic rings. The summed E-state index contributed by atoms with van der Waals surface area (Å²) in [5.41, 5.74) is 22.0. The smallest absolute Gasteiger partial charge is 0.236 e. The third kappa shape index (κ3) is 20.9. The van der Waals surface area contributed by atoms with Crippen molar-refractivity contribution in [1.29, 1.82) is 0 Å². The van der Waals surface area contributed by atoms with Crippen molar-refractivity contribution < 1.29 is 27.5 Å². The fraction of sp³-hybridized carbons (Fsp3) is 0.279. The summed E-state index contributed by atoms with van der Waals surface area (Å²) in [5.74, 6) is 0.531. The molecule has 22 nitrogen and oxygen atoms in total. The summed E-state index contributed by atoms with van der Waals surface area (Å²) in [5, 5.41) is 30.8. The number of benzene rings is 8. The number of amides is 3. The van der Waals surface area contributed by atoms with Gasteiger partial charge in [-0.05, 0) is 171 Å². The van der Waals surface area contributed by atoms with Gasteiger partial charge in [0.05, 0.1) is 55.4 Å². The topological polar surface area (TPSA) is 266 Å². The molecule has 0 spiro atoms. The van der Waals surface area contributed by atoms with Crippen molar-refractivity contribution in [1.82, 2.24) is 59.1 Å². The van der Waals surface area contributed by atoms with Gasteiger partial charge in [-0.3, -0.25) is 37.8 Å². The summed E-state index contributed by atoms with van der Waals surface area (Å²) in [6, 6.07) is 76.7. The number of carbonyl (C=O) groups excluding carboxylic acids is 3. The highest BCUT2D eigenvalue weighted by atomic mass is 32.2. The Bertz CT molecular complexity index is 6750. The van der Waals surface area contributed by atoms with Crippen molar-refractivity contribution in [3.8, 4) is 50.3 Å². The maximum Gasteiger partial charge on any atom is 0.236 e. The van der Waals surface area contributed by atoms with E-state index in [9.17, 15) is 22.8 Å². The summed E-state index contributed by atoms with van der Waals surface area (Å²) in [4.78, 5) is 57.8. The second kappa shape index (κ2) is 36.8. The lowest BCUT2D eigenvalue weighted by Crippen LogP contribution is -2.27. The van der Waals surface area contributed by atoms with Crippen molar-refractivity contribution in [2.45, 2.75) is 154 Å². The molecule has 650 valence electrons. The van der Waals surface area contributed by atoms with Gasteiger partial charge in [0.1, 0.15) is 5.75 Å². The zero-order chi connectivity index (χ0) is 90.5. The molecule has 17 rings (SSSR count). The van der Waals surface area contributed by atoms with Crippen LogP contribution in [0.2, 0.25) is 0 Å². The highest BCUT2D eigenvalue weighted by Gasteiger charge is 2.51. The lowest BCUT2D eigenvalue weighted by Gasteiger charge is -2.19. The Balaban J connectivity index is 0.000000137. The molecule has 8 heterocycles. The van der Waals surface area contributed by atoms with Crippen LogP contribution >= 0.6 is 0 Å². The van der Waals surface area contributed by atoms with Crippen molar-refractivity contribution in [3.05, 3.63) is 306 Å². The SMILES string of the molecule is CCC(C(=O)Nc1ccc(-c2cc(C(C)(C)C)nc3c2cnn3C)cc1)c1ccccc1.COc1cccc(CC(=O)Nc2ccc(-c3cc(C(C)(C)C)nc4c3cnn4C)cc2)c1.Cn1ncc2c(-c3ccc(NC(=O)C4(c5ccccc5)CC4)cc3)cc(C(C)(C)C)nc21.Cn1ncc2c(-c3ccc(NS(=O)(=O)Cc4ccccc4)cc3)cc(C(C)(C)C)nc21. The van der Waals surface area contributed by atoms with Crippen LogP contribution in [0.4, 0.5) is 22.7 Å². The highest BCUT2D eigenvalue weighted by molar-refractivity contribution is 7.91. The molecule has 1 fully saturated rings. The molecule has 8 aromatic heterocycles. The minimum Gasteiger partial charge on any atom is -0.497 e. The Kier molecular flexibility index (Phi) is 25.9. The van der Waals surface area contributed by atoms with Gasteiger partial charge in [0.25, 0.3) is 0 Å². The van der Waals surface area contributed by atoms with Crippen molar-refractivity contribution in [2.75, 3.05) is 27.8 Å². The first kappa shape index (κ1) is 89.5. The summed E-state index contributed by atoms with van der Waals surface area (Å²) in [6.07, 6.45) is 10.2. The van der Waals surface area contributed by atoms with Gasteiger partial charge in [-0.25, -0.2) is 28.4 Å². The predicted molar refractivity (Wildman–Crippen MR) is 513 cm³/mol. The fourth-order valence-electron chi connectivity index (χ4n) is 15.3. The summed E-state index contributed by atoms with van der Waals surface area (Å²) in [6.45, 7) is 27.9. The average molecular weight is 1710 g/mol. The van der Waals surface area contributed by atoms with E-state index in [1.165, 1.54) is 0 Å². The minimum atomic E-state index is -3.50. The molecule has 1 unspecified atom stereocenters. The zero-order valence-corrected chi connectivity index (χ0v) is 76.5. The molecule has 0 saturated heterocycles. The van der Waals surface area contributed by atoms with Gasteiger partial charge in [-0.2, -0.15) is 20.4 Å². The molecule has 8 aromatic carbocycles. The van der Waals surface area contributed by atoms with Crippen LogP contribution in [0, 0.1) is 0 Å². The number of rotatable bonds is 19. The van der Waals surface area contributed by atoms with Gasteiger partial charge in [0.15, 0.2) is 22.6 Å². The third-order valence-electron chi connectivity index (χ3n) is 22.9. The molecule has 1 aliphatic rings. The largest absolute Gasteiger partial charge is 0.497 e. The van der Waals surface area contributed by atoms with Crippen LogP contribution < -0.4 is 25.4 Å². The number of nitrogens with zero attached hydrogens (tertiary/aromatic N) is 12. The summed E-state index contributed by atoms with van der Waals surface area (Å²) >= 11 is 0. The lowest BCUT2D eigenvalue weighted by molar-refractivity contribution is -0.119. The van der Waals surface area contributed by atoms with Crippen LogP contribution in [-0.4, -0.2) is 92.3 Å². The number of methoxy groups -OCH3 is 1. The Morgan fingerprint density at radius 2 is 0.748 bits per heavy atom. The maximum absolute atomic E-state index is 13.1. The summed E-state index contributed by atoms with van der Waals surface area (Å²) < 4.78 is 40.2. The van der Waals surface area contributed by atoms with Crippen LogP contribution in [0.15, 0.2) is 261 Å². The van der Waals surface area contributed by atoms with Crippen molar-refractivity contribution in [2.24, 2.45) is 28.2 Å². The zero-order valence-electron chi connectivity index (χ0n) is 75.7. The van der Waals surface area contributed by atoms with E-state index in [1.807, 2.05) is 245 Å². The number of nitrogens with one attached hydrogen (secondary N) is 4. The van der Waals surface area contributed by atoms with Crippen molar-refractivity contribution >= 4 is 94.6 Å². The Hall–Kier alpha value is -13.8. The maximum atomic E-state index is 13.1.